The molecule has 1 aromatic carbocycles. The minimum absolute atomic E-state index is 0.621. The molecule has 17 heavy (non-hydrogen) atoms. The van der Waals surface area contributed by atoms with Crippen LogP contribution in [-0.4, -0.2) is 28.2 Å². The zero-order valence-electron chi connectivity index (χ0n) is 10.5. The van der Waals surface area contributed by atoms with Crippen LogP contribution in [0.2, 0.25) is 0 Å². The van der Waals surface area contributed by atoms with Gasteiger partial charge in [0.15, 0.2) is 0 Å². The van der Waals surface area contributed by atoms with Crippen molar-refractivity contribution in [3.63, 3.8) is 0 Å². The van der Waals surface area contributed by atoms with Gasteiger partial charge in [-0.3, -0.25) is 0 Å². The van der Waals surface area contributed by atoms with Crippen molar-refractivity contribution < 1.29 is 5.11 Å². The number of aliphatic hydroxyl groups is 1. The summed E-state index contributed by atoms with van der Waals surface area (Å²) in [5.74, 6) is 0. The Kier molecular flexibility index (Phi) is 3.35. The highest BCUT2D eigenvalue weighted by atomic mass is 32.1. The van der Waals surface area contributed by atoms with E-state index in [-0.39, 0.29) is 0 Å². The Hall–Kier alpha value is -1.13. The second kappa shape index (κ2) is 4.63. The lowest BCUT2D eigenvalue weighted by molar-refractivity contribution is 0.0878. The van der Waals surface area contributed by atoms with Crippen LogP contribution in [-0.2, 0) is 0 Å². The number of fused-ring (bicyclic) bond motifs is 1. The smallest absolute Gasteiger partial charge is 0.120 e. The molecule has 3 nitrogen and oxygen atoms in total. The fourth-order valence-electron chi connectivity index (χ4n) is 1.90. The van der Waals surface area contributed by atoms with Gasteiger partial charge in [0.25, 0.3) is 0 Å². The van der Waals surface area contributed by atoms with E-state index >= 15 is 0 Å². The SMILES string of the molecule is CCN(CC(C)(C)O)c1snc2ccccc12. The van der Waals surface area contributed by atoms with Crippen molar-refractivity contribution in [2.24, 2.45) is 0 Å². The quantitative estimate of drug-likeness (QED) is 0.906. The topological polar surface area (TPSA) is 36.4 Å². The van der Waals surface area contributed by atoms with Gasteiger partial charge in [0.1, 0.15) is 5.00 Å². The van der Waals surface area contributed by atoms with Gasteiger partial charge in [0, 0.05) is 18.5 Å². The first-order valence-corrected chi connectivity index (χ1v) is 6.60. The van der Waals surface area contributed by atoms with Gasteiger partial charge in [-0.25, -0.2) is 0 Å². The van der Waals surface area contributed by atoms with Crippen LogP contribution in [0.1, 0.15) is 20.8 Å². The maximum atomic E-state index is 9.93. The third kappa shape index (κ3) is 2.76. The molecule has 0 bridgehead atoms. The summed E-state index contributed by atoms with van der Waals surface area (Å²) in [5.41, 5.74) is 0.336. The van der Waals surface area contributed by atoms with E-state index in [2.05, 4.69) is 22.3 Å². The molecule has 0 aliphatic heterocycles. The second-order valence-electron chi connectivity index (χ2n) is 4.83. The number of hydrogen-bond donors (Lipinski definition) is 1. The van der Waals surface area contributed by atoms with Gasteiger partial charge in [-0.2, -0.15) is 4.37 Å². The van der Waals surface area contributed by atoms with E-state index in [1.165, 1.54) is 16.9 Å². The highest BCUT2D eigenvalue weighted by Crippen LogP contribution is 2.31. The van der Waals surface area contributed by atoms with Crippen LogP contribution in [0.25, 0.3) is 10.9 Å². The lowest BCUT2D eigenvalue weighted by atomic mass is 10.1. The molecule has 0 atom stereocenters. The zero-order chi connectivity index (χ0) is 12.5. The first-order valence-electron chi connectivity index (χ1n) is 5.83. The highest BCUT2D eigenvalue weighted by molar-refractivity contribution is 7.11. The molecule has 92 valence electrons. The van der Waals surface area contributed by atoms with E-state index in [0.29, 0.717) is 6.54 Å². The summed E-state index contributed by atoms with van der Waals surface area (Å²) < 4.78 is 4.44. The summed E-state index contributed by atoms with van der Waals surface area (Å²) in [7, 11) is 0. The molecule has 1 heterocycles. The first kappa shape index (κ1) is 12.3. The molecule has 0 fully saturated rings. The second-order valence-corrected chi connectivity index (χ2v) is 5.58. The molecule has 0 aliphatic carbocycles. The van der Waals surface area contributed by atoms with Crippen molar-refractivity contribution in [2.75, 3.05) is 18.0 Å². The summed E-state index contributed by atoms with van der Waals surface area (Å²) in [6, 6.07) is 8.13. The lowest BCUT2D eigenvalue weighted by Crippen LogP contribution is -2.38. The Morgan fingerprint density at radius 2 is 2.06 bits per heavy atom. The molecule has 0 aliphatic rings. The van der Waals surface area contributed by atoms with Gasteiger partial charge in [0.2, 0.25) is 0 Å². The fourth-order valence-corrected chi connectivity index (χ4v) is 2.82. The van der Waals surface area contributed by atoms with Crippen molar-refractivity contribution >= 4 is 27.4 Å². The van der Waals surface area contributed by atoms with Crippen LogP contribution in [0, 0.1) is 0 Å². The molecular formula is C13H18N2OS. The molecule has 2 rings (SSSR count). The number of benzene rings is 1. The molecule has 0 spiro atoms. The molecule has 0 amide bonds. The van der Waals surface area contributed by atoms with E-state index in [0.717, 1.165) is 17.1 Å². The van der Waals surface area contributed by atoms with E-state index in [1.807, 2.05) is 32.0 Å². The molecular weight excluding hydrogens is 232 g/mol. The number of hydrogen-bond acceptors (Lipinski definition) is 4. The Morgan fingerprint density at radius 1 is 1.35 bits per heavy atom. The third-order valence-corrected chi connectivity index (χ3v) is 3.55. The van der Waals surface area contributed by atoms with Crippen LogP contribution in [0.15, 0.2) is 24.3 Å². The maximum absolute atomic E-state index is 9.93. The Morgan fingerprint density at radius 3 is 2.71 bits per heavy atom. The molecule has 0 saturated carbocycles. The van der Waals surface area contributed by atoms with Crippen molar-refractivity contribution in [2.45, 2.75) is 26.4 Å². The van der Waals surface area contributed by atoms with Gasteiger partial charge in [0.05, 0.1) is 11.1 Å². The summed E-state index contributed by atoms with van der Waals surface area (Å²) in [5, 5.41) is 12.2. The summed E-state index contributed by atoms with van der Waals surface area (Å²) in [4.78, 5) is 2.18. The molecule has 2 aromatic rings. The highest BCUT2D eigenvalue weighted by Gasteiger charge is 2.20. The molecule has 4 heteroatoms. The average Bonchev–Trinajstić information content (AvgIpc) is 2.68. The van der Waals surface area contributed by atoms with Crippen molar-refractivity contribution in [1.82, 2.24) is 4.37 Å². The number of rotatable bonds is 4. The average molecular weight is 250 g/mol. The molecule has 0 radical (unpaired) electrons. The predicted molar refractivity (Wildman–Crippen MR) is 73.8 cm³/mol. The van der Waals surface area contributed by atoms with Crippen molar-refractivity contribution in [3.05, 3.63) is 24.3 Å². The van der Waals surface area contributed by atoms with E-state index in [4.69, 9.17) is 0 Å². The van der Waals surface area contributed by atoms with Crippen molar-refractivity contribution in [1.29, 1.82) is 0 Å². The molecule has 0 saturated heterocycles. The maximum Gasteiger partial charge on any atom is 0.120 e. The lowest BCUT2D eigenvalue weighted by Gasteiger charge is -2.28. The van der Waals surface area contributed by atoms with Crippen LogP contribution in [0.3, 0.4) is 0 Å². The third-order valence-electron chi connectivity index (χ3n) is 2.61. The zero-order valence-corrected chi connectivity index (χ0v) is 11.3. The summed E-state index contributed by atoms with van der Waals surface area (Å²) in [6.07, 6.45) is 0. The number of likely N-dealkylation sites (N-methyl/N-ethyl adjacent to an activating group) is 1. The van der Waals surface area contributed by atoms with E-state index in [1.54, 1.807) is 0 Å². The van der Waals surface area contributed by atoms with Gasteiger partial charge in [-0.05, 0) is 44.4 Å². The fraction of sp³-hybridized carbons (Fsp3) is 0.462. The summed E-state index contributed by atoms with van der Waals surface area (Å²) in [6.45, 7) is 7.25. The molecule has 1 aromatic heterocycles. The Balaban J connectivity index is 2.37. The van der Waals surface area contributed by atoms with Gasteiger partial charge >= 0.3 is 0 Å². The summed E-state index contributed by atoms with van der Waals surface area (Å²) >= 11 is 1.50. The molecule has 0 unspecified atom stereocenters. The molecule has 1 N–H and O–H groups in total. The number of anilines is 1. The van der Waals surface area contributed by atoms with Gasteiger partial charge in [-0.1, -0.05) is 12.1 Å². The number of nitrogens with zero attached hydrogens (tertiary/aromatic N) is 2. The monoisotopic (exact) mass is 250 g/mol. The minimum atomic E-state index is -0.693. The van der Waals surface area contributed by atoms with E-state index < -0.39 is 5.60 Å². The number of aromatic nitrogens is 1. The Bertz CT molecular complexity index is 501. The standard InChI is InChI=1S/C13H18N2OS/c1-4-15(9-13(2,3)16)12-10-7-5-6-8-11(10)14-17-12/h5-8,16H,4,9H2,1-3H3. The largest absolute Gasteiger partial charge is 0.389 e. The first-order chi connectivity index (χ1) is 8.01. The van der Waals surface area contributed by atoms with Gasteiger partial charge < -0.3 is 10.0 Å². The van der Waals surface area contributed by atoms with Crippen LogP contribution >= 0.6 is 11.5 Å². The predicted octanol–water partition coefficient (Wildman–Crippen LogP) is 2.89. The minimum Gasteiger partial charge on any atom is -0.389 e. The van der Waals surface area contributed by atoms with Gasteiger partial charge in [-0.15, -0.1) is 0 Å². The van der Waals surface area contributed by atoms with Crippen LogP contribution in [0.4, 0.5) is 5.00 Å². The van der Waals surface area contributed by atoms with E-state index in [9.17, 15) is 5.11 Å². The van der Waals surface area contributed by atoms with Crippen molar-refractivity contribution in [3.8, 4) is 0 Å². The van der Waals surface area contributed by atoms with Crippen LogP contribution < -0.4 is 4.90 Å². The van der Waals surface area contributed by atoms with Crippen LogP contribution in [0.5, 0.6) is 0 Å². The normalized spacial score (nSPS) is 12.0. The Labute approximate surface area is 106 Å².